The van der Waals surface area contributed by atoms with Gasteiger partial charge in [-0.15, -0.1) is 0 Å². The number of carboxylic acids is 1. The molecule has 1 amide bonds. The Morgan fingerprint density at radius 2 is 1.77 bits per heavy atom. The third kappa shape index (κ3) is 6.37. The summed E-state index contributed by atoms with van der Waals surface area (Å²) in [7, 11) is 0. The van der Waals surface area contributed by atoms with E-state index in [-0.39, 0.29) is 11.9 Å². The summed E-state index contributed by atoms with van der Waals surface area (Å²) in [6, 6.07) is 12.7. The minimum atomic E-state index is -1.01. The number of anilines is 1. The molecule has 1 fully saturated rings. The van der Waals surface area contributed by atoms with E-state index < -0.39 is 12.1 Å². The molecule has 1 heterocycles. The summed E-state index contributed by atoms with van der Waals surface area (Å²) in [5.74, 6) is -0.642. The molecule has 6 nitrogen and oxygen atoms in total. The Morgan fingerprint density at radius 3 is 2.42 bits per heavy atom. The van der Waals surface area contributed by atoms with E-state index in [1.165, 1.54) is 13.3 Å². The number of aliphatic carboxylic acids is 1. The number of rotatable bonds is 8. The second-order valence-electron chi connectivity index (χ2n) is 8.03. The number of ether oxygens (including phenoxy) is 1. The zero-order valence-corrected chi connectivity index (χ0v) is 18.7. The average molecular weight is 445 g/mol. The van der Waals surface area contributed by atoms with Crippen LogP contribution in [0.5, 0.6) is 5.75 Å². The van der Waals surface area contributed by atoms with E-state index in [1.54, 1.807) is 18.2 Å². The van der Waals surface area contributed by atoms with Gasteiger partial charge in [-0.25, -0.2) is 4.79 Å². The molecule has 0 radical (unpaired) electrons. The molecule has 7 heteroatoms. The SMILES string of the molecule is CC(Cc1ccc(OC(C)C(=O)O)cc1)NC(=O)c1cc(Cl)ccc1N1CCCCC1. The Labute approximate surface area is 188 Å². The predicted octanol–water partition coefficient (Wildman–Crippen LogP) is 4.54. The Bertz CT molecular complexity index is 910. The number of amides is 1. The van der Waals surface area contributed by atoms with Gasteiger partial charge in [0.05, 0.1) is 5.56 Å². The Balaban J connectivity index is 1.63. The molecule has 2 unspecified atom stereocenters. The number of nitrogens with one attached hydrogen (secondary N) is 1. The first-order chi connectivity index (χ1) is 14.8. The third-order valence-electron chi connectivity index (χ3n) is 5.40. The molecule has 2 atom stereocenters. The fourth-order valence-electron chi connectivity index (χ4n) is 3.77. The van der Waals surface area contributed by atoms with E-state index in [9.17, 15) is 9.59 Å². The highest BCUT2D eigenvalue weighted by Crippen LogP contribution is 2.27. The highest BCUT2D eigenvalue weighted by atomic mass is 35.5. The predicted molar refractivity (Wildman–Crippen MR) is 122 cm³/mol. The maximum Gasteiger partial charge on any atom is 0.344 e. The Hall–Kier alpha value is -2.73. The molecule has 31 heavy (non-hydrogen) atoms. The average Bonchev–Trinajstić information content (AvgIpc) is 2.75. The quantitative estimate of drug-likeness (QED) is 0.624. The van der Waals surface area contributed by atoms with Gasteiger partial charge < -0.3 is 20.1 Å². The molecule has 1 aliphatic heterocycles. The monoisotopic (exact) mass is 444 g/mol. The minimum Gasteiger partial charge on any atom is -0.479 e. The number of hydrogen-bond donors (Lipinski definition) is 2. The van der Waals surface area contributed by atoms with Crippen molar-refractivity contribution in [1.82, 2.24) is 5.32 Å². The van der Waals surface area contributed by atoms with Crippen molar-refractivity contribution in [3.05, 3.63) is 58.6 Å². The lowest BCUT2D eigenvalue weighted by molar-refractivity contribution is -0.144. The number of carbonyl (C=O) groups is 2. The molecular weight excluding hydrogens is 416 g/mol. The van der Waals surface area contributed by atoms with Crippen molar-refractivity contribution in [3.8, 4) is 5.75 Å². The summed E-state index contributed by atoms with van der Waals surface area (Å²) in [5.41, 5.74) is 2.56. The van der Waals surface area contributed by atoms with Crippen LogP contribution in [-0.4, -0.2) is 42.2 Å². The van der Waals surface area contributed by atoms with Crippen molar-refractivity contribution in [2.24, 2.45) is 0 Å². The van der Waals surface area contributed by atoms with Gasteiger partial charge >= 0.3 is 5.97 Å². The topological polar surface area (TPSA) is 78.9 Å². The van der Waals surface area contributed by atoms with Crippen LogP contribution in [0.15, 0.2) is 42.5 Å². The fraction of sp³-hybridized carbons (Fsp3) is 0.417. The Morgan fingerprint density at radius 1 is 1.10 bits per heavy atom. The maximum atomic E-state index is 13.0. The highest BCUT2D eigenvalue weighted by molar-refractivity contribution is 6.31. The zero-order valence-electron chi connectivity index (χ0n) is 17.9. The lowest BCUT2D eigenvalue weighted by Crippen LogP contribution is -2.36. The summed E-state index contributed by atoms with van der Waals surface area (Å²) >= 11 is 6.19. The Kier molecular flexibility index (Phi) is 7.80. The normalized spacial score (nSPS) is 15.8. The van der Waals surface area contributed by atoms with E-state index >= 15 is 0 Å². The highest BCUT2D eigenvalue weighted by Gasteiger charge is 2.20. The van der Waals surface area contributed by atoms with Gasteiger partial charge in [-0.05, 0) is 75.4 Å². The van der Waals surface area contributed by atoms with Gasteiger partial charge in [-0.2, -0.15) is 0 Å². The summed E-state index contributed by atoms with van der Waals surface area (Å²) in [4.78, 5) is 26.2. The van der Waals surface area contributed by atoms with Crippen LogP contribution in [0.4, 0.5) is 5.69 Å². The van der Waals surface area contributed by atoms with Crippen LogP contribution in [0.1, 0.15) is 49.0 Å². The summed E-state index contributed by atoms with van der Waals surface area (Å²) < 4.78 is 5.35. The standard InChI is InChI=1S/C24H29ClN2O4/c1-16(14-18-6-9-20(10-7-18)31-17(2)24(29)30)26-23(28)21-15-19(25)8-11-22(21)27-12-4-3-5-13-27/h6-11,15-17H,3-5,12-14H2,1-2H3,(H,26,28)(H,29,30). The van der Waals surface area contributed by atoms with E-state index in [2.05, 4.69) is 10.2 Å². The van der Waals surface area contributed by atoms with Crippen LogP contribution in [0, 0.1) is 0 Å². The van der Waals surface area contributed by atoms with Crippen LogP contribution in [0.25, 0.3) is 0 Å². The number of piperidine rings is 1. The molecule has 0 bridgehead atoms. The van der Waals surface area contributed by atoms with Crippen molar-refractivity contribution < 1.29 is 19.4 Å². The van der Waals surface area contributed by atoms with Gasteiger partial charge in [-0.3, -0.25) is 4.79 Å². The molecular formula is C24H29ClN2O4. The molecule has 1 saturated heterocycles. The van der Waals surface area contributed by atoms with Gasteiger partial charge in [0, 0.05) is 29.8 Å². The summed E-state index contributed by atoms with van der Waals surface area (Å²) in [6.45, 7) is 5.35. The van der Waals surface area contributed by atoms with E-state index in [1.807, 2.05) is 31.2 Å². The van der Waals surface area contributed by atoms with Crippen molar-refractivity contribution in [3.63, 3.8) is 0 Å². The van der Waals surface area contributed by atoms with E-state index in [0.717, 1.165) is 37.2 Å². The van der Waals surface area contributed by atoms with Crippen LogP contribution >= 0.6 is 11.6 Å². The second kappa shape index (κ2) is 10.5. The number of hydrogen-bond acceptors (Lipinski definition) is 4. The minimum absolute atomic E-state index is 0.0922. The van der Waals surface area contributed by atoms with Gasteiger partial charge in [0.25, 0.3) is 5.91 Å². The lowest BCUT2D eigenvalue weighted by Gasteiger charge is -2.30. The molecule has 1 aliphatic rings. The molecule has 0 saturated carbocycles. The molecule has 2 aromatic carbocycles. The van der Waals surface area contributed by atoms with Gasteiger partial charge in [-0.1, -0.05) is 23.7 Å². The third-order valence-corrected chi connectivity index (χ3v) is 5.64. The fourth-order valence-corrected chi connectivity index (χ4v) is 3.94. The molecule has 2 N–H and O–H groups in total. The van der Waals surface area contributed by atoms with Crippen LogP contribution in [0.3, 0.4) is 0 Å². The summed E-state index contributed by atoms with van der Waals surface area (Å²) in [5, 5.41) is 12.6. The van der Waals surface area contributed by atoms with Crippen LogP contribution < -0.4 is 15.0 Å². The molecule has 3 rings (SSSR count). The first-order valence-electron chi connectivity index (χ1n) is 10.7. The van der Waals surface area contributed by atoms with Gasteiger partial charge in [0.1, 0.15) is 5.75 Å². The van der Waals surface area contributed by atoms with Crippen LogP contribution in [0.2, 0.25) is 5.02 Å². The summed E-state index contributed by atoms with van der Waals surface area (Å²) in [6.07, 6.45) is 3.22. The van der Waals surface area contributed by atoms with Crippen molar-refractivity contribution in [1.29, 1.82) is 0 Å². The van der Waals surface area contributed by atoms with Crippen molar-refractivity contribution >= 4 is 29.2 Å². The molecule has 0 spiro atoms. The number of carboxylic acid groups (broad SMARTS) is 1. The number of nitrogens with zero attached hydrogens (tertiary/aromatic N) is 1. The number of benzene rings is 2. The second-order valence-corrected chi connectivity index (χ2v) is 8.47. The largest absolute Gasteiger partial charge is 0.479 e. The molecule has 166 valence electrons. The van der Waals surface area contributed by atoms with Gasteiger partial charge in [0.15, 0.2) is 6.10 Å². The maximum absolute atomic E-state index is 13.0. The number of carbonyl (C=O) groups excluding carboxylic acids is 1. The molecule has 0 aromatic heterocycles. The number of halogens is 1. The van der Waals surface area contributed by atoms with Crippen molar-refractivity contribution in [2.45, 2.75) is 51.7 Å². The van der Waals surface area contributed by atoms with Gasteiger partial charge in [0.2, 0.25) is 0 Å². The zero-order chi connectivity index (χ0) is 22.4. The van der Waals surface area contributed by atoms with Crippen molar-refractivity contribution in [2.75, 3.05) is 18.0 Å². The molecule has 0 aliphatic carbocycles. The lowest BCUT2D eigenvalue weighted by atomic mass is 10.0. The van der Waals surface area contributed by atoms with E-state index in [0.29, 0.717) is 22.8 Å². The first-order valence-corrected chi connectivity index (χ1v) is 11.0. The first kappa shape index (κ1) is 22.9. The molecule has 2 aromatic rings. The smallest absolute Gasteiger partial charge is 0.344 e. The van der Waals surface area contributed by atoms with E-state index in [4.69, 9.17) is 21.4 Å². The van der Waals surface area contributed by atoms with Crippen LogP contribution in [-0.2, 0) is 11.2 Å².